The smallest absolute Gasteiger partial charge is 0.0360 e. The first-order chi connectivity index (χ1) is 5.93. The lowest BCUT2D eigenvalue weighted by molar-refractivity contribution is 0.516. The van der Waals surface area contributed by atoms with Crippen molar-refractivity contribution in [2.45, 2.75) is 31.8 Å². The standard InChI is InChI=1S/C10H14N2/c1-2-8(1)9-5-10-6-11-3-4-12(10)7-9/h5,7-8,11H,1-4,6H2. The Morgan fingerprint density at radius 2 is 2.33 bits per heavy atom. The first kappa shape index (κ1) is 6.72. The van der Waals surface area contributed by atoms with Crippen LogP contribution in [0.5, 0.6) is 0 Å². The minimum atomic E-state index is 0.906. The monoisotopic (exact) mass is 162 g/mol. The molecule has 1 aliphatic heterocycles. The molecule has 0 aromatic carbocycles. The third-order valence-electron chi connectivity index (χ3n) is 2.89. The predicted molar refractivity (Wildman–Crippen MR) is 48.1 cm³/mol. The van der Waals surface area contributed by atoms with E-state index >= 15 is 0 Å². The molecular formula is C10H14N2. The fraction of sp³-hybridized carbons (Fsp3) is 0.600. The third kappa shape index (κ3) is 0.985. The Hall–Kier alpha value is -0.760. The van der Waals surface area contributed by atoms with Gasteiger partial charge in [-0.25, -0.2) is 0 Å². The lowest BCUT2D eigenvalue weighted by Gasteiger charge is -2.15. The van der Waals surface area contributed by atoms with Gasteiger partial charge in [0.1, 0.15) is 0 Å². The summed E-state index contributed by atoms with van der Waals surface area (Å²) in [7, 11) is 0. The Morgan fingerprint density at radius 3 is 3.08 bits per heavy atom. The summed E-state index contributed by atoms with van der Waals surface area (Å²) in [5, 5.41) is 3.39. The van der Waals surface area contributed by atoms with E-state index in [0.29, 0.717) is 0 Å². The summed E-state index contributed by atoms with van der Waals surface area (Å²) >= 11 is 0. The molecule has 1 aromatic heterocycles. The maximum atomic E-state index is 3.39. The van der Waals surface area contributed by atoms with Crippen LogP contribution in [-0.2, 0) is 13.1 Å². The maximum absolute atomic E-state index is 3.39. The maximum Gasteiger partial charge on any atom is 0.0360 e. The molecule has 2 nitrogen and oxygen atoms in total. The van der Waals surface area contributed by atoms with Crippen molar-refractivity contribution >= 4 is 0 Å². The molecule has 0 spiro atoms. The van der Waals surface area contributed by atoms with E-state index in [4.69, 9.17) is 0 Å². The van der Waals surface area contributed by atoms with Gasteiger partial charge in [0, 0.05) is 31.5 Å². The van der Waals surface area contributed by atoms with Crippen LogP contribution in [0.15, 0.2) is 12.3 Å². The zero-order valence-corrected chi connectivity index (χ0v) is 7.21. The van der Waals surface area contributed by atoms with E-state index in [2.05, 4.69) is 22.1 Å². The normalized spacial score (nSPS) is 22.3. The molecule has 0 radical (unpaired) electrons. The van der Waals surface area contributed by atoms with Gasteiger partial charge in [-0.2, -0.15) is 0 Å². The molecule has 0 atom stereocenters. The molecule has 3 rings (SSSR count). The fourth-order valence-corrected chi connectivity index (χ4v) is 1.99. The molecule has 2 aliphatic rings. The van der Waals surface area contributed by atoms with Crippen LogP contribution in [0.25, 0.3) is 0 Å². The number of rotatable bonds is 1. The molecule has 2 heterocycles. The molecule has 1 N–H and O–H groups in total. The summed E-state index contributed by atoms with van der Waals surface area (Å²) in [6.45, 7) is 3.35. The van der Waals surface area contributed by atoms with E-state index in [-0.39, 0.29) is 0 Å². The second-order valence-electron chi connectivity index (χ2n) is 3.91. The Morgan fingerprint density at radius 1 is 1.42 bits per heavy atom. The molecular weight excluding hydrogens is 148 g/mol. The van der Waals surface area contributed by atoms with Crippen molar-refractivity contribution in [3.63, 3.8) is 0 Å². The number of nitrogens with one attached hydrogen (secondary N) is 1. The number of hydrogen-bond acceptors (Lipinski definition) is 1. The molecule has 0 unspecified atom stereocenters. The molecule has 1 aromatic rings. The van der Waals surface area contributed by atoms with Gasteiger partial charge >= 0.3 is 0 Å². The van der Waals surface area contributed by atoms with Crippen molar-refractivity contribution in [3.05, 3.63) is 23.5 Å². The number of nitrogens with zero attached hydrogens (tertiary/aromatic N) is 1. The van der Waals surface area contributed by atoms with Crippen LogP contribution in [0.1, 0.15) is 30.0 Å². The molecule has 1 fully saturated rings. The molecule has 0 saturated heterocycles. The Kier molecular flexibility index (Phi) is 1.32. The third-order valence-corrected chi connectivity index (χ3v) is 2.89. The molecule has 2 heteroatoms. The summed E-state index contributed by atoms with van der Waals surface area (Å²) in [5.41, 5.74) is 3.05. The lowest BCUT2D eigenvalue weighted by atomic mass is 10.2. The van der Waals surface area contributed by atoms with Crippen LogP contribution >= 0.6 is 0 Å². The van der Waals surface area contributed by atoms with Crippen LogP contribution < -0.4 is 5.32 Å². The highest BCUT2D eigenvalue weighted by Crippen LogP contribution is 2.40. The zero-order valence-electron chi connectivity index (χ0n) is 7.21. The summed E-state index contributed by atoms with van der Waals surface area (Å²) in [5.74, 6) is 0.906. The van der Waals surface area contributed by atoms with Crippen molar-refractivity contribution < 1.29 is 0 Å². The Labute approximate surface area is 72.6 Å². The SMILES string of the molecule is c1c(C2CC2)cn2c1CNCC2. The first-order valence-electron chi connectivity index (χ1n) is 4.83. The largest absolute Gasteiger partial charge is 0.349 e. The molecule has 64 valence electrons. The van der Waals surface area contributed by atoms with E-state index in [9.17, 15) is 0 Å². The lowest BCUT2D eigenvalue weighted by Crippen LogP contribution is -2.27. The van der Waals surface area contributed by atoms with Gasteiger partial charge in [0.2, 0.25) is 0 Å². The van der Waals surface area contributed by atoms with Crippen LogP contribution in [0.3, 0.4) is 0 Å². The van der Waals surface area contributed by atoms with Crippen molar-refractivity contribution in [3.8, 4) is 0 Å². The average Bonchev–Trinajstić information content (AvgIpc) is 2.85. The summed E-state index contributed by atoms with van der Waals surface area (Å²) in [6.07, 6.45) is 5.18. The Balaban J connectivity index is 1.97. The first-order valence-corrected chi connectivity index (χ1v) is 4.83. The minimum Gasteiger partial charge on any atom is -0.349 e. The second kappa shape index (κ2) is 2.36. The van der Waals surface area contributed by atoms with Crippen molar-refractivity contribution in [2.75, 3.05) is 6.54 Å². The zero-order chi connectivity index (χ0) is 7.97. The molecule has 1 saturated carbocycles. The highest BCUT2D eigenvalue weighted by atomic mass is 15.1. The summed E-state index contributed by atoms with van der Waals surface area (Å²) < 4.78 is 2.41. The van der Waals surface area contributed by atoms with Crippen LogP contribution in [0, 0.1) is 0 Å². The van der Waals surface area contributed by atoms with E-state index < -0.39 is 0 Å². The summed E-state index contributed by atoms with van der Waals surface area (Å²) in [4.78, 5) is 0. The van der Waals surface area contributed by atoms with Gasteiger partial charge in [0.25, 0.3) is 0 Å². The van der Waals surface area contributed by atoms with Crippen molar-refractivity contribution in [1.29, 1.82) is 0 Å². The van der Waals surface area contributed by atoms with E-state index in [0.717, 1.165) is 25.6 Å². The highest BCUT2D eigenvalue weighted by molar-refractivity contribution is 5.26. The van der Waals surface area contributed by atoms with Crippen molar-refractivity contribution in [1.82, 2.24) is 9.88 Å². The fourth-order valence-electron chi connectivity index (χ4n) is 1.99. The number of aromatic nitrogens is 1. The minimum absolute atomic E-state index is 0.906. The van der Waals surface area contributed by atoms with Gasteiger partial charge in [0.05, 0.1) is 0 Å². The highest BCUT2D eigenvalue weighted by Gasteiger charge is 2.25. The van der Waals surface area contributed by atoms with Crippen LogP contribution in [0.4, 0.5) is 0 Å². The Bertz CT molecular complexity index is 273. The molecule has 12 heavy (non-hydrogen) atoms. The van der Waals surface area contributed by atoms with E-state index in [1.807, 2.05) is 0 Å². The van der Waals surface area contributed by atoms with Gasteiger partial charge in [-0.05, 0) is 30.4 Å². The quantitative estimate of drug-likeness (QED) is 0.661. The second-order valence-corrected chi connectivity index (χ2v) is 3.91. The predicted octanol–water partition coefficient (Wildman–Crippen LogP) is 1.47. The number of hydrogen-bond donors (Lipinski definition) is 1. The topological polar surface area (TPSA) is 17.0 Å². The van der Waals surface area contributed by atoms with Gasteiger partial charge in [-0.3, -0.25) is 0 Å². The van der Waals surface area contributed by atoms with Gasteiger partial charge < -0.3 is 9.88 Å². The number of fused-ring (bicyclic) bond motifs is 1. The van der Waals surface area contributed by atoms with E-state index in [1.165, 1.54) is 18.5 Å². The van der Waals surface area contributed by atoms with E-state index in [1.54, 1.807) is 5.56 Å². The molecule has 0 amide bonds. The average molecular weight is 162 g/mol. The van der Waals surface area contributed by atoms with Crippen molar-refractivity contribution in [2.24, 2.45) is 0 Å². The van der Waals surface area contributed by atoms with Gasteiger partial charge in [-0.15, -0.1) is 0 Å². The van der Waals surface area contributed by atoms with Crippen LogP contribution in [0.2, 0.25) is 0 Å². The molecule has 0 bridgehead atoms. The van der Waals surface area contributed by atoms with Gasteiger partial charge in [0.15, 0.2) is 0 Å². The van der Waals surface area contributed by atoms with Gasteiger partial charge in [-0.1, -0.05) is 0 Å². The van der Waals surface area contributed by atoms with Crippen LogP contribution in [-0.4, -0.2) is 11.1 Å². The molecule has 1 aliphatic carbocycles. The summed E-state index contributed by atoms with van der Waals surface area (Å²) in [6, 6.07) is 2.38.